The van der Waals surface area contributed by atoms with Gasteiger partial charge in [-0.05, 0) is 42.2 Å². The fraction of sp³-hybridized carbons (Fsp3) is 0.526. The highest BCUT2D eigenvalue weighted by atomic mass is 16.5. The Hall–Kier alpha value is -1.57. The van der Waals surface area contributed by atoms with E-state index in [-0.39, 0.29) is 22.9 Å². The molecule has 0 radical (unpaired) electrons. The van der Waals surface area contributed by atoms with E-state index >= 15 is 0 Å². The van der Waals surface area contributed by atoms with Crippen molar-refractivity contribution in [3.8, 4) is 0 Å². The summed E-state index contributed by atoms with van der Waals surface area (Å²) in [5.41, 5.74) is 1.43. The molecule has 2 aliphatic carbocycles. The third-order valence-corrected chi connectivity index (χ3v) is 6.18. The summed E-state index contributed by atoms with van der Waals surface area (Å²) < 4.78 is 5.78. The van der Waals surface area contributed by atoms with Gasteiger partial charge in [0.25, 0.3) is 0 Å². The van der Waals surface area contributed by atoms with Gasteiger partial charge in [-0.15, -0.1) is 0 Å². The molecular formula is C19H24O2. The van der Waals surface area contributed by atoms with Gasteiger partial charge in [0.1, 0.15) is 6.10 Å². The Labute approximate surface area is 127 Å². The largest absolute Gasteiger partial charge is 0.459 e. The van der Waals surface area contributed by atoms with Gasteiger partial charge in [-0.25, -0.2) is 4.79 Å². The van der Waals surface area contributed by atoms with Crippen molar-refractivity contribution >= 4 is 12.0 Å². The first kappa shape index (κ1) is 14.4. The third-order valence-electron chi connectivity index (χ3n) is 6.18. The number of fused-ring (bicyclic) bond motifs is 2. The number of carbonyl (C=O) groups excluding carboxylic acids is 1. The molecule has 112 valence electrons. The normalized spacial score (nSPS) is 33.5. The average Bonchev–Trinajstić information content (AvgIpc) is 2.79. The maximum absolute atomic E-state index is 12.1. The van der Waals surface area contributed by atoms with Crippen molar-refractivity contribution in [3.05, 3.63) is 42.0 Å². The molecule has 2 fully saturated rings. The highest BCUT2D eigenvalue weighted by Crippen LogP contribution is 2.66. The van der Waals surface area contributed by atoms with E-state index in [0.717, 1.165) is 12.0 Å². The molecule has 0 spiro atoms. The standard InChI is InChI=1S/C19H24O2/c1-18(2)15-11-12-19(18,3)16(13-15)21-17(20)10-9-14-7-5-4-6-8-14/h4-10,15-16H,11-13H2,1-3H3/b10-9+/t15-,16?,19+/m0/s1. The molecule has 2 bridgehead atoms. The molecule has 1 aromatic rings. The second-order valence-electron chi connectivity index (χ2n) is 7.28. The minimum Gasteiger partial charge on any atom is -0.459 e. The lowest BCUT2D eigenvalue weighted by atomic mass is 9.70. The van der Waals surface area contributed by atoms with E-state index in [1.54, 1.807) is 6.08 Å². The lowest BCUT2D eigenvalue weighted by molar-refractivity contribution is -0.150. The minimum absolute atomic E-state index is 0.0687. The number of carbonyl (C=O) groups is 1. The van der Waals surface area contributed by atoms with Crippen LogP contribution in [0.2, 0.25) is 0 Å². The maximum atomic E-state index is 12.1. The molecule has 3 atom stereocenters. The first-order valence-electron chi connectivity index (χ1n) is 7.87. The summed E-state index contributed by atoms with van der Waals surface area (Å²) >= 11 is 0. The molecule has 0 aromatic heterocycles. The van der Waals surface area contributed by atoms with Crippen molar-refractivity contribution < 1.29 is 9.53 Å². The molecule has 0 N–H and O–H groups in total. The van der Waals surface area contributed by atoms with Crippen LogP contribution in [-0.2, 0) is 9.53 Å². The second-order valence-corrected chi connectivity index (χ2v) is 7.28. The number of rotatable bonds is 3. The highest BCUT2D eigenvalue weighted by molar-refractivity contribution is 5.87. The fourth-order valence-electron chi connectivity index (χ4n) is 4.22. The Bertz CT molecular complexity index is 558. The molecule has 2 nitrogen and oxygen atoms in total. The van der Waals surface area contributed by atoms with E-state index in [9.17, 15) is 4.79 Å². The van der Waals surface area contributed by atoms with Crippen LogP contribution in [0.5, 0.6) is 0 Å². The van der Waals surface area contributed by atoms with Crippen LogP contribution in [0.25, 0.3) is 6.08 Å². The van der Waals surface area contributed by atoms with Gasteiger partial charge in [-0.1, -0.05) is 51.1 Å². The summed E-state index contributed by atoms with van der Waals surface area (Å²) in [6.45, 7) is 6.95. The Morgan fingerprint density at radius 1 is 1.24 bits per heavy atom. The van der Waals surface area contributed by atoms with Gasteiger partial charge < -0.3 is 4.74 Å². The molecule has 0 amide bonds. The summed E-state index contributed by atoms with van der Waals surface area (Å²) in [6.07, 6.45) is 6.91. The predicted octanol–water partition coefficient (Wildman–Crippen LogP) is 4.46. The molecule has 0 aliphatic heterocycles. The first-order valence-corrected chi connectivity index (χ1v) is 7.87. The van der Waals surface area contributed by atoms with Crippen molar-refractivity contribution in [2.24, 2.45) is 16.7 Å². The topological polar surface area (TPSA) is 26.3 Å². The van der Waals surface area contributed by atoms with Gasteiger partial charge >= 0.3 is 5.97 Å². The van der Waals surface area contributed by atoms with E-state index < -0.39 is 0 Å². The van der Waals surface area contributed by atoms with Crippen molar-refractivity contribution in [2.75, 3.05) is 0 Å². The maximum Gasteiger partial charge on any atom is 0.331 e. The minimum atomic E-state index is -0.214. The van der Waals surface area contributed by atoms with Gasteiger partial charge in [0.05, 0.1) is 0 Å². The van der Waals surface area contributed by atoms with Crippen LogP contribution in [-0.4, -0.2) is 12.1 Å². The van der Waals surface area contributed by atoms with E-state index in [0.29, 0.717) is 5.92 Å². The number of hydrogen-bond donors (Lipinski definition) is 0. The van der Waals surface area contributed by atoms with Gasteiger partial charge in [0.2, 0.25) is 0 Å². The Kier molecular flexibility index (Phi) is 3.43. The molecule has 1 unspecified atom stereocenters. The summed E-state index contributed by atoms with van der Waals surface area (Å²) in [4.78, 5) is 12.1. The van der Waals surface area contributed by atoms with Crippen molar-refractivity contribution in [2.45, 2.75) is 46.1 Å². The summed E-state index contributed by atoms with van der Waals surface area (Å²) in [5.74, 6) is 0.479. The van der Waals surface area contributed by atoms with Crippen LogP contribution < -0.4 is 0 Å². The molecule has 21 heavy (non-hydrogen) atoms. The zero-order valence-electron chi connectivity index (χ0n) is 13.1. The van der Waals surface area contributed by atoms with Crippen LogP contribution in [0, 0.1) is 16.7 Å². The quantitative estimate of drug-likeness (QED) is 0.605. The second kappa shape index (κ2) is 5.01. The Morgan fingerprint density at radius 2 is 1.95 bits per heavy atom. The Morgan fingerprint density at radius 3 is 2.52 bits per heavy atom. The molecule has 0 heterocycles. The highest BCUT2D eigenvalue weighted by Gasteiger charge is 2.62. The third kappa shape index (κ3) is 2.31. The van der Waals surface area contributed by atoms with E-state index in [2.05, 4.69) is 20.8 Å². The fourth-order valence-corrected chi connectivity index (χ4v) is 4.22. The monoisotopic (exact) mass is 284 g/mol. The van der Waals surface area contributed by atoms with Crippen LogP contribution in [0.4, 0.5) is 0 Å². The van der Waals surface area contributed by atoms with Crippen molar-refractivity contribution in [1.82, 2.24) is 0 Å². The van der Waals surface area contributed by atoms with Crippen molar-refractivity contribution in [1.29, 1.82) is 0 Å². The predicted molar refractivity (Wildman–Crippen MR) is 84.6 cm³/mol. The van der Waals surface area contributed by atoms with Crippen LogP contribution in [0.1, 0.15) is 45.6 Å². The SMILES string of the molecule is CC1(C)[C@H]2CC[C@]1(C)C(OC(=O)/C=C/c1ccccc1)C2. The number of benzene rings is 1. The van der Waals surface area contributed by atoms with Gasteiger partial charge in [-0.3, -0.25) is 0 Å². The van der Waals surface area contributed by atoms with E-state index in [1.807, 2.05) is 36.4 Å². The molecule has 2 aliphatic rings. The van der Waals surface area contributed by atoms with Crippen molar-refractivity contribution in [3.63, 3.8) is 0 Å². The smallest absolute Gasteiger partial charge is 0.331 e. The van der Waals surface area contributed by atoms with Gasteiger partial charge in [-0.2, -0.15) is 0 Å². The molecular weight excluding hydrogens is 260 g/mol. The van der Waals surface area contributed by atoms with E-state index in [4.69, 9.17) is 4.74 Å². The van der Waals surface area contributed by atoms with Crippen LogP contribution in [0.15, 0.2) is 36.4 Å². The molecule has 1 aromatic carbocycles. The number of ether oxygens (including phenoxy) is 1. The molecule has 2 heteroatoms. The first-order chi connectivity index (χ1) is 9.93. The number of esters is 1. The summed E-state index contributed by atoms with van der Waals surface area (Å²) in [5, 5.41) is 0. The lowest BCUT2D eigenvalue weighted by Crippen LogP contribution is -2.38. The zero-order valence-corrected chi connectivity index (χ0v) is 13.1. The molecule has 3 rings (SSSR count). The molecule has 2 saturated carbocycles. The number of hydrogen-bond acceptors (Lipinski definition) is 2. The Balaban J connectivity index is 1.66. The van der Waals surface area contributed by atoms with Crippen LogP contribution in [0.3, 0.4) is 0 Å². The lowest BCUT2D eigenvalue weighted by Gasteiger charge is -2.38. The van der Waals surface area contributed by atoms with Crippen LogP contribution >= 0.6 is 0 Å². The molecule has 0 saturated heterocycles. The van der Waals surface area contributed by atoms with Gasteiger partial charge in [0, 0.05) is 11.5 Å². The van der Waals surface area contributed by atoms with E-state index in [1.165, 1.54) is 12.8 Å². The summed E-state index contributed by atoms with van der Waals surface area (Å²) in [7, 11) is 0. The average molecular weight is 284 g/mol. The zero-order chi connectivity index (χ0) is 15.1. The summed E-state index contributed by atoms with van der Waals surface area (Å²) in [6, 6.07) is 9.85. The van der Waals surface area contributed by atoms with Gasteiger partial charge in [0.15, 0.2) is 0 Å².